The van der Waals surface area contributed by atoms with Crippen molar-refractivity contribution in [2.45, 2.75) is 56.0 Å². The Morgan fingerprint density at radius 1 is 1.12 bits per heavy atom. The third-order valence-corrected chi connectivity index (χ3v) is 9.14. The highest BCUT2D eigenvalue weighted by molar-refractivity contribution is 8.00. The first-order valence-corrected chi connectivity index (χ1v) is 13.6. The number of piperidine rings is 1. The second kappa shape index (κ2) is 9.83. The van der Waals surface area contributed by atoms with Crippen molar-refractivity contribution in [2.75, 3.05) is 17.6 Å². The van der Waals surface area contributed by atoms with E-state index >= 15 is 0 Å². The third-order valence-electron chi connectivity index (χ3n) is 6.02. The van der Waals surface area contributed by atoms with Crippen molar-refractivity contribution in [3.63, 3.8) is 0 Å². The maximum absolute atomic E-state index is 13.0. The lowest BCUT2D eigenvalue weighted by atomic mass is 10.1. The van der Waals surface area contributed by atoms with E-state index in [1.54, 1.807) is 28.6 Å². The minimum absolute atomic E-state index is 0.0103. The van der Waals surface area contributed by atoms with Crippen LogP contribution in [-0.4, -0.2) is 42.0 Å². The first kappa shape index (κ1) is 23.7. The van der Waals surface area contributed by atoms with Crippen LogP contribution in [0.25, 0.3) is 10.9 Å². The molecular weight excluding hydrogens is 454 g/mol. The highest BCUT2D eigenvalue weighted by atomic mass is 32.2. The monoisotopic (exact) mass is 483 g/mol. The summed E-state index contributed by atoms with van der Waals surface area (Å²) in [7, 11) is -3.52. The average molecular weight is 484 g/mol. The van der Waals surface area contributed by atoms with Gasteiger partial charge in [-0.15, -0.1) is 0 Å². The normalized spacial score (nSPS) is 17.2. The molecule has 1 aromatic heterocycles. The first-order chi connectivity index (χ1) is 15.8. The standard InChI is InChI=1S/C25H29N3O3S2/c1-17-7-6-9-20-15-18(2)25(27-24(17)20)32-16-23(29)26-21-10-12-22(13-11-21)33(30,31)28-14-5-4-8-19(28)3/h6-7,9-13,15,19H,4-5,8,14,16H2,1-3H3,(H,26,29)/t19-/m0/s1. The maximum Gasteiger partial charge on any atom is 0.243 e. The number of hydrogen-bond acceptors (Lipinski definition) is 5. The number of aryl methyl sites for hydroxylation is 2. The molecule has 0 aliphatic carbocycles. The smallest absolute Gasteiger partial charge is 0.243 e. The number of pyridine rings is 1. The lowest BCUT2D eigenvalue weighted by molar-refractivity contribution is -0.113. The molecule has 2 heterocycles. The van der Waals surface area contributed by atoms with Crippen LogP contribution in [0.15, 0.2) is 58.5 Å². The summed E-state index contributed by atoms with van der Waals surface area (Å²) in [4.78, 5) is 17.5. The van der Waals surface area contributed by atoms with Crippen LogP contribution in [0.3, 0.4) is 0 Å². The number of aromatic nitrogens is 1. The zero-order valence-electron chi connectivity index (χ0n) is 19.2. The third kappa shape index (κ3) is 5.23. The topological polar surface area (TPSA) is 79.4 Å². The fourth-order valence-electron chi connectivity index (χ4n) is 4.19. The van der Waals surface area contributed by atoms with Crippen LogP contribution in [0.5, 0.6) is 0 Å². The lowest BCUT2D eigenvalue weighted by Gasteiger charge is -2.32. The molecule has 0 unspecified atom stereocenters. The molecular formula is C25H29N3O3S2. The molecule has 1 fully saturated rings. The lowest BCUT2D eigenvalue weighted by Crippen LogP contribution is -2.41. The minimum atomic E-state index is -3.52. The van der Waals surface area contributed by atoms with Gasteiger partial charge in [-0.2, -0.15) is 4.31 Å². The number of para-hydroxylation sites is 1. The van der Waals surface area contributed by atoms with E-state index in [1.807, 2.05) is 39.0 Å². The number of nitrogens with one attached hydrogen (secondary N) is 1. The number of nitrogens with zero attached hydrogens (tertiary/aromatic N) is 2. The van der Waals surface area contributed by atoms with Crippen molar-refractivity contribution < 1.29 is 13.2 Å². The molecule has 1 N–H and O–H groups in total. The van der Waals surface area contributed by atoms with Crippen molar-refractivity contribution >= 4 is 44.3 Å². The summed E-state index contributed by atoms with van der Waals surface area (Å²) < 4.78 is 27.5. The molecule has 0 bridgehead atoms. The van der Waals surface area contributed by atoms with E-state index in [-0.39, 0.29) is 22.6 Å². The van der Waals surface area contributed by atoms with Crippen molar-refractivity contribution in [2.24, 2.45) is 0 Å². The van der Waals surface area contributed by atoms with Gasteiger partial charge in [0.15, 0.2) is 0 Å². The Morgan fingerprint density at radius 3 is 2.61 bits per heavy atom. The van der Waals surface area contributed by atoms with E-state index < -0.39 is 10.0 Å². The summed E-state index contributed by atoms with van der Waals surface area (Å²) in [6.07, 6.45) is 2.83. The maximum atomic E-state index is 13.0. The predicted molar refractivity (Wildman–Crippen MR) is 134 cm³/mol. The van der Waals surface area contributed by atoms with Gasteiger partial charge in [0, 0.05) is 23.7 Å². The Morgan fingerprint density at radius 2 is 1.88 bits per heavy atom. The molecule has 4 rings (SSSR count). The van der Waals surface area contributed by atoms with Gasteiger partial charge < -0.3 is 5.32 Å². The minimum Gasteiger partial charge on any atom is -0.325 e. The highest BCUT2D eigenvalue weighted by Gasteiger charge is 2.30. The molecule has 1 saturated heterocycles. The summed E-state index contributed by atoms with van der Waals surface area (Å²) >= 11 is 1.40. The summed E-state index contributed by atoms with van der Waals surface area (Å²) in [5.41, 5.74) is 3.66. The van der Waals surface area contributed by atoms with Crippen LogP contribution >= 0.6 is 11.8 Å². The Kier molecular flexibility index (Phi) is 7.07. The number of anilines is 1. The highest BCUT2D eigenvalue weighted by Crippen LogP contribution is 2.27. The number of carbonyl (C=O) groups excluding carboxylic acids is 1. The Balaban J connectivity index is 1.40. The van der Waals surface area contributed by atoms with Gasteiger partial charge in [0.2, 0.25) is 15.9 Å². The molecule has 33 heavy (non-hydrogen) atoms. The molecule has 8 heteroatoms. The van der Waals surface area contributed by atoms with Gasteiger partial charge in [-0.3, -0.25) is 4.79 Å². The molecule has 1 aliphatic rings. The molecule has 6 nitrogen and oxygen atoms in total. The van der Waals surface area contributed by atoms with Gasteiger partial charge in [0.25, 0.3) is 0 Å². The van der Waals surface area contributed by atoms with Crippen LogP contribution in [-0.2, 0) is 14.8 Å². The number of thioether (sulfide) groups is 1. The second-order valence-electron chi connectivity index (χ2n) is 8.58. The first-order valence-electron chi connectivity index (χ1n) is 11.2. The molecule has 2 aromatic carbocycles. The molecule has 1 aliphatic heterocycles. The molecule has 1 amide bonds. The van der Waals surface area contributed by atoms with Gasteiger partial charge in [-0.05, 0) is 75.1 Å². The fourth-order valence-corrected chi connectivity index (χ4v) is 6.67. The van der Waals surface area contributed by atoms with E-state index in [1.165, 1.54) is 11.8 Å². The van der Waals surface area contributed by atoms with Gasteiger partial charge in [-0.25, -0.2) is 13.4 Å². The van der Waals surface area contributed by atoms with Crippen LogP contribution in [0.2, 0.25) is 0 Å². The van der Waals surface area contributed by atoms with E-state index in [0.717, 1.165) is 46.3 Å². The zero-order chi connectivity index (χ0) is 23.6. The predicted octanol–water partition coefficient (Wildman–Crippen LogP) is 5.15. The molecule has 174 valence electrons. The molecule has 0 spiro atoms. The summed E-state index contributed by atoms with van der Waals surface area (Å²) in [5, 5.41) is 4.78. The van der Waals surface area contributed by atoms with Gasteiger partial charge >= 0.3 is 0 Å². The molecule has 0 saturated carbocycles. The second-order valence-corrected chi connectivity index (χ2v) is 11.4. The number of sulfonamides is 1. The number of rotatable bonds is 6. The van der Waals surface area contributed by atoms with Crippen molar-refractivity contribution in [1.29, 1.82) is 0 Å². The molecule has 1 atom stereocenters. The fraction of sp³-hybridized carbons (Fsp3) is 0.360. The van der Waals surface area contributed by atoms with Crippen molar-refractivity contribution in [1.82, 2.24) is 9.29 Å². The van der Waals surface area contributed by atoms with E-state index in [2.05, 4.69) is 11.4 Å². The molecule has 0 radical (unpaired) electrons. The average Bonchev–Trinajstić information content (AvgIpc) is 2.78. The Hall–Kier alpha value is -2.42. The largest absolute Gasteiger partial charge is 0.325 e. The Labute approximate surface area is 199 Å². The number of carbonyl (C=O) groups is 1. The number of fused-ring (bicyclic) bond motifs is 1. The van der Waals surface area contributed by atoms with Gasteiger partial charge in [-0.1, -0.05) is 36.4 Å². The van der Waals surface area contributed by atoms with Crippen molar-refractivity contribution in [3.8, 4) is 0 Å². The SMILES string of the molecule is Cc1cc2cccc(C)c2nc1SCC(=O)Nc1ccc(S(=O)(=O)N2CCCC[C@@H]2C)cc1. The van der Waals surface area contributed by atoms with E-state index in [0.29, 0.717) is 12.2 Å². The number of benzene rings is 2. The van der Waals surface area contributed by atoms with Crippen LogP contribution < -0.4 is 5.32 Å². The number of hydrogen-bond donors (Lipinski definition) is 1. The zero-order valence-corrected chi connectivity index (χ0v) is 20.8. The van der Waals surface area contributed by atoms with Crippen molar-refractivity contribution in [3.05, 3.63) is 59.7 Å². The summed E-state index contributed by atoms with van der Waals surface area (Å²) in [6, 6.07) is 14.6. The Bertz CT molecular complexity index is 1270. The summed E-state index contributed by atoms with van der Waals surface area (Å²) in [5.74, 6) is 0.0580. The van der Waals surface area contributed by atoms with Crippen LogP contribution in [0.1, 0.15) is 37.3 Å². The van der Waals surface area contributed by atoms with Gasteiger partial charge in [0.1, 0.15) is 5.03 Å². The van der Waals surface area contributed by atoms with E-state index in [9.17, 15) is 13.2 Å². The quantitative estimate of drug-likeness (QED) is 0.491. The number of amides is 1. The van der Waals surface area contributed by atoms with Gasteiger partial charge in [0.05, 0.1) is 16.2 Å². The summed E-state index contributed by atoms with van der Waals surface area (Å²) in [6.45, 7) is 6.54. The molecule has 3 aromatic rings. The van der Waals surface area contributed by atoms with Crippen LogP contribution in [0.4, 0.5) is 5.69 Å². The van der Waals surface area contributed by atoms with E-state index in [4.69, 9.17) is 4.98 Å². The van der Waals surface area contributed by atoms with Crippen LogP contribution in [0, 0.1) is 13.8 Å².